The molecule has 0 aliphatic carbocycles. The van der Waals surface area contributed by atoms with Gasteiger partial charge in [-0.1, -0.05) is 56.3 Å². The second-order valence-electron chi connectivity index (χ2n) is 6.43. The smallest absolute Gasteiger partial charge is 0.258 e. The lowest BCUT2D eigenvalue weighted by Crippen LogP contribution is -2.38. The highest BCUT2D eigenvalue weighted by Crippen LogP contribution is 2.08. The van der Waals surface area contributed by atoms with Gasteiger partial charge in [-0.25, -0.2) is 0 Å². The number of amides is 2. The first-order chi connectivity index (χ1) is 13.6. The van der Waals surface area contributed by atoms with Crippen LogP contribution in [0.4, 0.5) is 0 Å². The molecule has 2 amide bonds. The van der Waals surface area contributed by atoms with E-state index >= 15 is 0 Å². The number of nitrogens with one attached hydrogen (secondary N) is 2. The Labute approximate surface area is 166 Å². The van der Waals surface area contributed by atoms with Gasteiger partial charge < -0.3 is 15.4 Å². The molecule has 28 heavy (non-hydrogen) atoms. The van der Waals surface area contributed by atoms with Gasteiger partial charge in [-0.3, -0.25) is 14.5 Å². The summed E-state index contributed by atoms with van der Waals surface area (Å²) < 4.78 is 5.34. The van der Waals surface area contributed by atoms with Crippen molar-refractivity contribution in [1.29, 1.82) is 0 Å². The summed E-state index contributed by atoms with van der Waals surface area (Å²) in [6.07, 6.45) is 0. The van der Waals surface area contributed by atoms with Gasteiger partial charge in [0.2, 0.25) is 5.91 Å². The van der Waals surface area contributed by atoms with Crippen LogP contribution in [0.2, 0.25) is 0 Å². The first kappa shape index (κ1) is 21.4. The molecule has 2 aromatic carbocycles. The molecule has 2 aromatic rings. The maximum Gasteiger partial charge on any atom is 0.258 e. The Morgan fingerprint density at radius 1 is 0.857 bits per heavy atom. The van der Waals surface area contributed by atoms with Gasteiger partial charge in [0.1, 0.15) is 5.75 Å². The predicted molar refractivity (Wildman–Crippen MR) is 110 cm³/mol. The molecule has 0 saturated carbocycles. The maximum absolute atomic E-state index is 11.9. The minimum Gasteiger partial charge on any atom is -0.484 e. The minimum absolute atomic E-state index is 0.0724. The topological polar surface area (TPSA) is 70.7 Å². The molecule has 0 bridgehead atoms. The number of hydrogen-bond acceptors (Lipinski definition) is 4. The van der Waals surface area contributed by atoms with Crippen LogP contribution < -0.4 is 15.4 Å². The molecular formula is C22H29N3O3. The summed E-state index contributed by atoms with van der Waals surface area (Å²) >= 11 is 0. The Balaban J connectivity index is 1.65. The van der Waals surface area contributed by atoms with Crippen molar-refractivity contribution in [3.63, 3.8) is 0 Å². The molecule has 0 aliphatic rings. The van der Waals surface area contributed by atoms with Crippen LogP contribution in [0, 0.1) is 0 Å². The normalized spacial score (nSPS) is 10.5. The van der Waals surface area contributed by atoms with Gasteiger partial charge in [-0.05, 0) is 36.3 Å². The molecular weight excluding hydrogens is 354 g/mol. The van der Waals surface area contributed by atoms with Crippen LogP contribution in [0.5, 0.6) is 5.75 Å². The third kappa shape index (κ3) is 7.80. The summed E-state index contributed by atoms with van der Waals surface area (Å²) in [7, 11) is 0. The van der Waals surface area contributed by atoms with E-state index in [2.05, 4.69) is 41.5 Å². The third-order valence-electron chi connectivity index (χ3n) is 4.37. The number of benzene rings is 2. The van der Waals surface area contributed by atoms with Crippen molar-refractivity contribution in [3.8, 4) is 5.75 Å². The van der Waals surface area contributed by atoms with Crippen molar-refractivity contribution in [2.45, 2.75) is 26.9 Å². The van der Waals surface area contributed by atoms with E-state index in [-0.39, 0.29) is 25.0 Å². The molecule has 150 valence electrons. The van der Waals surface area contributed by atoms with Crippen molar-refractivity contribution < 1.29 is 14.3 Å². The molecule has 0 unspecified atom stereocenters. The van der Waals surface area contributed by atoms with Gasteiger partial charge in [0.15, 0.2) is 6.61 Å². The Morgan fingerprint density at radius 3 is 2.14 bits per heavy atom. The molecule has 0 fully saturated rings. The number of carbonyl (C=O) groups excluding carboxylic acids is 2. The summed E-state index contributed by atoms with van der Waals surface area (Å²) in [5.74, 6) is 0.0478. The standard InChI is InChI=1S/C22H29N3O3/c1-3-25(4-2)16-19-12-10-18(11-13-19)14-23-21(26)15-24-22(27)17-28-20-8-6-5-7-9-20/h5-13H,3-4,14-17H2,1-2H3,(H,23,26)(H,24,27). The fourth-order valence-electron chi connectivity index (χ4n) is 2.63. The molecule has 0 heterocycles. The molecule has 0 radical (unpaired) electrons. The molecule has 0 atom stereocenters. The number of ether oxygens (including phenoxy) is 1. The number of hydrogen-bond donors (Lipinski definition) is 2. The number of carbonyl (C=O) groups is 2. The lowest BCUT2D eigenvalue weighted by Gasteiger charge is -2.18. The maximum atomic E-state index is 11.9. The minimum atomic E-state index is -0.334. The summed E-state index contributed by atoms with van der Waals surface area (Å²) in [4.78, 5) is 26.0. The van der Waals surface area contributed by atoms with E-state index in [0.717, 1.165) is 25.2 Å². The first-order valence-electron chi connectivity index (χ1n) is 9.62. The van der Waals surface area contributed by atoms with Gasteiger partial charge in [0.25, 0.3) is 5.91 Å². The van der Waals surface area contributed by atoms with Crippen molar-refractivity contribution >= 4 is 11.8 Å². The Morgan fingerprint density at radius 2 is 1.50 bits per heavy atom. The summed E-state index contributed by atoms with van der Waals surface area (Å²) in [5, 5.41) is 5.36. The molecule has 6 heteroatoms. The average molecular weight is 383 g/mol. The van der Waals surface area contributed by atoms with Crippen molar-refractivity contribution in [2.75, 3.05) is 26.2 Å². The lowest BCUT2D eigenvalue weighted by atomic mass is 10.1. The zero-order valence-corrected chi connectivity index (χ0v) is 16.6. The molecule has 2 rings (SSSR count). The summed E-state index contributed by atoms with van der Waals surface area (Å²) in [5.41, 5.74) is 2.28. The molecule has 0 saturated heterocycles. The van der Waals surface area contributed by atoms with Gasteiger partial charge in [-0.15, -0.1) is 0 Å². The second-order valence-corrected chi connectivity index (χ2v) is 6.43. The first-order valence-corrected chi connectivity index (χ1v) is 9.62. The van der Waals surface area contributed by atoms with Gasteiger partial charge in [-0.2, -0.15) is 0 Å². The van der Waals surface area contributed by atoms with E-state index in [1.165, 1.54) is 5.56 Å². The van der Waals surface area contributed by atoms with Gasteiger partial charge >= 0.3 is 0 Å². The highest BCUT2D eigenvalue weighted by atomic mass is 16.5. The van der Waals surface area contributed by atoms with Crippen LogP contribution in [-0.2, 0) is 22.7 Å². The molecule has 2 N–H and O–H groups in total. The van der Waals surface area contributed by atoms with E-state index < -0.39 is 0 Å². The molecule has 6 nitrogen and oxygen atoms in total. The monoisotopic (exact) mass is 383 g/mol. The van der Waals surface area contributed by atoms with Crippen molar-refractivity contribution in [3.05, 3.63) is 65.7 Å². The van der Waals surface area contributed by atoms with Crippen molar-refractivity contribution in [1.82, 2.24) is 15.5 Å². The third-order valence-corrected chi connectivity index (χ3v) is 4.37. The van der Waals surface area contributed by atoms with Crippen LogP contribution in [0.3, 0.4) is 0 Å². The average Bonchev–Trinajstić information content (AvgIpc) is 2.74. The van der Waals surface area contributed by atoms with Gasteiger partial charge in [0.05, 0.1) is 6.54 Å². The lowest BCUT2D eigenvalue weighted by molar-refractivity contribution is -0.127. The Kier molecular flexibility index (Phi) is 9.01. The Hall–Kier alpha value is -2.86. The summed E-state index contributed by atoms with van der Waals surface area (Å²) in [6, 6.07) is 17.3. The van der Waals surface area contributed by atoms with Crippen LogP contribution in [0.25, 0.3) is 0 Å². The van der Waals surface area contributed by atoms with E-state index in [4.69, 9.17) is 4.74 Å². The molecule has 0 aliphatic heterocycles. The fraction of sp³-hybridized carbons (Fsp3) is 0.364. The fourth-order valence-corrected chi connectivity index (χ4v) is 2.63. The molecule has 0 aromatic heterocycles. The quantitative estimate of drug-likeness (QED) is 0.625. The van der Waals surface area contributed by atoms with E-state index in [0.29, 0.717) is 12.3 Å². The number of para-hydroxylation sites is 1. The van der Waals surface area contributed by atoms with E-state index in [1.807, 2.05) is 30.3 Å². The zero-order valence-electron chi connectivity index (χ0n) is 16.6. The second kappa shape index (κ2) is 11.8. The highest BCUT2D eigenvalue weighted by molar-refractivity contribution is 5.85. The van der Waals surface area contributed by atoms with Crippen LogP contribution in [0.15, 0.2) is 54.6 Å². The number of nitrogens with zero attached hydrogens (tertiary/aromatic N) is 1. The van der Waals surface area contributed by atoms with Gasteiger partial charge in [0, 0.05) is 13.1 Å². The number of rotatable bonds is 11. The molecule has 0 spiro atoms. The van der Waals surface area contributed by atoms with Crippen LogP contribution in [-0.4, -0.2) is 43.0 Å². The Bertz CT molecular complexity index is 728. The summed E-state index contributed by atoms with van der Waals surface area (Å²) in [6.45, 7) is 7.52. The highest BCUT2D eigenvalue weighted by Gasteiger charge is 2.07. The largest absolute Gasteiger partial charge is 0.484 e. The zero-order chi connectivity index (χ0) is 20.2. The van der Waals surface area contributed by atoms with Crippen LogP contribution in [0.1, 0.15) is 25.0 Å². The van der Waals surface area contributed by atoms with Crippen LogP contribution >= 0.6 is 0 Å². The predicted octanol–water partition coefficient (Wildman–Crippen LogP) is 2.34. The van der Waals surface area contributed by atoms with E-state index in [9.17, 15) is 9.59 Å². The SMILES string of the molecule is CCN(CC)Cc1ccc(CNC(=O)CNC(=O)COc2ccccc2)cc1. The van der Waals surface area contributed by atoms with Crippen molar-refractivity contribution in [2.24, 2.45) is 0 Å². The van der Waals surface area contributed by atoms with E-state index in [1.54, 1.807) is 12.1 Å².